The van der Waals surface area contributed by atoms with E-state index in [-0.39, 0.29) is 21.5 Å². The van der Waals surface area contributed by atoms with Crippen LogP contribution in [0.25, 0.3) is 28.3 Å². The maximum Gasteiger partial charge on any atom is 0.491 e. The molecule has 0 bridgehead atoms. The average Bonchev–Trinajstić information content (AvgIpc) is 3.23. The molecule has 4 heterocycles. The van der Waals surface area contributed by atoms with Gasteiger partial charge in [0, 0.05) is 11.4 Å². The molecule has 0 spiro atoms. The third-order valence-corrected chi connectivity index (χ3v) is 5.64. The normalized spacial score (nSPS) is 13.9. The van der Waals surface area contributed by atoms with Crippen molar-refractivity contribution in [3.05, 3.63) is 35.7 Å². The van der Waals surface area contributed by atoms with E-state index in [2.05, 4.69) is 20.1 Å². The first kappa shape index (κ1) is 21.2. The second kappa shape index (κ2) is 7.00. The van der Waals surface area contributed by atoms with Crippen molar-refractivity contribution in [3.8, 4) is 11.5 Å². The average molecular weight is 462 g/mol. The second-order valence-corrected chi connectivity index (χ2v) is 8.08. The molecule has 0 amide bonds. The number of imidazole rings is 2. The summed E-state index contributed by atoms with van der Waals surface area (Å²) >= 11 is 0. The van der Waals surface area contributed by atoms with Crippen LogP contribution in [0.3, 0.4) is 0 Å². The lowest BCUT2D eigenvalue weighted by atomic mass is 10.3. The van der Waals surface area contributed by atoms with Crippen LogP contribution in [0.2, 0.25) is 0 Å². The lowest BCUT2D eigenvalue weighted by Gasteiger charge is -2.12. The minimum absolute atomic E-state index is 0.0949. The predicted octanol–water partition coefficient (Wildman–Crippen LogP) is 4.07. The number of halogens is 6. The van der Waals surface area contributed by atoms with Gasteiger partial charge in [-0.25, -0.2) is 24.0 Å². The van der Waals surface area contributed by atoms with E-state index in [0.29, 0.717) is 16.3 Å². The Morgan fingerprint density at radius 3 is 2.32 bits per heavy atom. The molecular formula is C17H12F6N6OS. The van der Waals surface area contributed by atoms with E-state index in [1.807, 2.05) is 0 Å². The van der Waals surface area contributed by atoms with Crippen LogP contribution in [-0.2, 0) is 23.3 Å². The van der Waals surface area contributed by atoms with Gasteiger partial charge in [-0.2, -0.15) is 18.3 Å². The molecule has 1 atom stereocenters. The fourth-order valence-corrected chi connectivity index (χ4v) is 3.96. The third-order valence-electron chi connectivity index (χ3n) is 4.31. The van der Waals surface area contributed by atoms with Crippen molar-refractivity contribution >= 4 is 27.6 Å². The van der Waals surface area contributed by atoms with Crippen LogP contribution in [0.1, 0.15) is 18.3 Å². The molecular weight excluding hydrogens is 450 g/mol. The van der Waals surface area contributed by atoms with Gasteiger partial charge in [-0.1, -0.05) is 6.92 Å². The summed E-state index contributed by atoms with van der Waals surface area (Å²) in [5.74, 6) is -0.834. The highest BCUT2D eigenvalue weighted by Crippen LogP contribution is 2.36. The summed E-state index contributed by atoms with van der Waals surface area (Å²) in [6, 6.07) is 4.38. The van der Waals surface area contributed by atoms with Crippen LogP contribution >= 0.6 is 0 Å². The molecule has 7 nitrogen and oxygen atoms in total. The Kier molecular flexibility index (Phi) is 4.79. The van der Waals surface area contributed by atoms with Gasteiger partial charge in [0.15, 0.2) is 27.8 Å². The van der Waals surface area contributed by atoms with Gasteiger partial charge in [-0.15, -0.1) is 13.2 Å². The number of aromatic nitrogens is 6. The highest BCUT2D eigenvalue weighted by atomic mass is 32.2. The van der Waals surface area contributed by atoms with Gasteiger partial charge in [-0.05, 0) is 31.2 Å². The molecule has 4 aromatic heterocycles. The molecule has 0 radical (unpaired) electrons. The van der Waals surface area contributed by atoms with Crippen molar-refractivity contribution in [2.24, 2.45) is 0 Å². The number of fused-ring (bicyclic) bond motifs is 2. The van der Waals surface area contributed by atoms with Crippen molar-refractivity contribution in [2.45, 2.75) is 31.3 Å². The Morgan fingerprint density at radius 1 is 1.00 bits per heavy atom. The molecule has 1 unspecified atom stereocenters. The van der Waals surface area contributed by atoms with Gasteiger partial charge in [0.1, 0.15) is 11.2 Å². The lowest BCUT2D eigenvalue weighted by Crippen LogP contribution is -2.19. The SMILES string of the molecule is CCS(=O)c1c(-c2nc3ccc(C)nc3n2C(F)(F)F)nc2ccc(C(F)(F)F)nn12. The molecule has 0 N–H and O–H groups in total. The highest BCUT2D eigenvalue weighted by Gasteiger charge is 2.39. The van der Waals surface area contributed by atoms with Crippen molar-refractivity contribution < 1.29 is 30.6 Å². The first-order valence-corrected chi connectivity index (χ1v) is 10.0. The van der Waals surface area contributed by atoms with Crippen molar-refractivity contribution in [1.29, 1.82) is 0 Å². The fourth-order valence-electron chi connectivity index (χ4n) is 3.00. The summed E-state index contributed by atoms with van der Waals surface area (Å²) in [6.07, 6.45) is -9.79. The molecule has 4 rings (SSSR count). The summed E-state index contributed by atoms with van der Waals surface area (Å²) in [7, 11) is -2.01. The maximum atomic E-state index is 13.9. The van der Waals surface area contributed by atoms with E-state index in [1.54, 1.807) is 0 Å². The van der Waals surface area contributed by atoms with Crippen LogP contribution in [0.5, 0.6) is 0 Å². The van der Waals surface area contributed by atoms with Crippen LogP contribution in [0.15, 0.2) is 29.3 Å². The van der Waals surface area contributed by atoms with Gasteiger partial charge in [0.25, 0.3) is 0 Å². The van der Waals surface area contributed by atoms with E-state index < -0.39 is 51.2 Å². The number of hydrogen-bond donors (Lipinski definition) is 0. The zero-order valence-electron chi connectivity index (χ0n) is 15.8. The Balaban J connectivity index is 2.11. The standard InChI is InChI=1S/C17H12F6N6OS/c1-3-31(30)15-12(26-11-7-6-10(16(18,19)20)27-29(11)15)14-25-9-5-4-8(2)24-13(9)28(14)17(21,22)23/h4-7H,3H2,1-2H3. The molecule has 0 aliphatic carbocycles. The zero-order valence-corrected chi connectivity index (χ0v) is 16.6. The third kappa shape index (κ3) is 3.54. The first-order chi connectivity index (χ1) is 14.4. The van der Waals surface area contributed by atoms with E-state index in [0.717, 1.165) is 6.07 Å². The van der Waals surface area contributed by atoms with E-state index in [1.165, 1.54) is 26.0 Å². The molecule has 0 saturated heterocycles. The maximum absolute atomic E-state index is 13.9. The van der Waals surface area contributed by atoms with Crippen LogP contribution in [0.4, 0.5) is 26.3 Å². The summed E-state index contributed by atoms with van der Waals surface area (Å²) < 4.78 is 94.3. The molecule has 0 aromatic carbocycles. The van der Waals surface area contributed by atoms with E-state index in [9.17, 15) is 30.6 Å². The molecule has 31 heavy (non-hydrogen) atoms. The zero-order chi connectivity index (χ0) is 22.7. The topological polar surface area (TPSA) is 78.0 Å². The van der Waals surface area contributed by atoms with E-state index >= 15 is 0 Å². The molecule has 4 aromatic rings. The van der Waals surface area contributed by atoms with Crippen LogP contribution < -0.4 is 0 Å². The molecule has 164 valence electrons. The molecule has 0 aliphatic heterocycles. The second-order valence-electron chi connectivity index (χ2n) is 6.42. The summed E-state index contributed by atoms with van der Waals surface area (Å²) in [6.45, 7) is 2.96. The lowest BCUT2D eigenvalue weighted by molar-refractivity contribution is -0.200. The Bertz CT molecular complexity index is 1340. The molecule has 14 heteroatoms. The summed E-state index contributed by atoms with van der Waals surface area (Å²) in [5.41, 5.74) is -2.30. The van der Waals surface area contributed by atoms with Crippen molar-refractivity contribution in [3.63, 3.8) is 0 Å². The fraction of sp³-hybridized carbons (Fsp3) is 0.294. The number of nitrogens with zero attached hydrogens (tertiary/aromatic N) is 6. The highest BCUT2D eigenvalue weighted by molar-refractivity contribution is 7.85. The predicted molar refractivity (Wildman–Crippen MR) is 97.5 cm³/mol. The number of aryl methyl sites for hydroxylation is 1. The van der Waals surface area contributed by atoms with Gasteiger partial charge in [0.2, 0.25) is 0 Å². The quantitative estimate of drug-likeness (QED) is 0.429. The Labute approximate surface area is 172 Å². The number of hydrogen-bond acceptors (Lipinski definition) is 5. The Morgan fingerprint density at radius 2 is 1.71 bits per heavy atom. The number of pyridine rings is 1. The minimum atomic E-state index is -4.98. The minimum Gasteiger partial charge on any atom is -0.253 e. The number of alkyl halides is 6. The number of rotatable bonds is 3. The van der Waals surface area contributed by atoms with Crippen molar-refractivity contribution in [2.75, 3.05) is 5.75 Å². The van der Waals surface area contributed by atoms with Gasteiger partial charge >= 0.3 is 12.5 Å². The summed E-state index contributed by atoms with van der Waals surface area (Å²) in [5, 5.41) is 3.01. The van der Waals surface area contributed by atoms with Gasteiger partial charge in [0.05, 0.1) is 10.8 Å². The van der Waals surface area contributed by atoms with Gasteiger partial charge in [-0.3, -0.25) is 4.21 Å². The Hall–Kier alpha value is -3.03. The van der Waals surface area contributed by atoms with Crippen molar-refractivity contribution in [1.82, 2.24) is 29.1 Å². The summed E-state index contributed by atoms with van der Waals surface area (Å²) in [4.78, 5) is 11.8. The van der Waals surface area contributed by atoms with Gasteiger partial charge < -0.3 is 0 Å². The largest absolute Gasteiger partial charge is 0.491 e. The van der Waals surface area contributed by atoms with Crippen LogP contribution in [-0.4, -0.2) is 39.1 Å². The first-order valence-electron chi connectivity index (χ1n) is 8.71. The molecule has 0 fully saturated rings. The smallest absolute Gasteiger partial charge is 0.253 e. The molecule has 0 aliphatic rings. The monoisotopic (exact) mass is 462 g/mol. The molecule has 0 saturated carbocycles. The van der Waals surface area contributed by atoms with E-state index in [4.69, 9.17) is 0 Å². The van der Waals surface area contributed by atoms with Crippen LogP contribution in [0, 0.1) is 6.92 Å².